The second kappa shape index (κ2) is 5.39. The Morgan fingerprint density at radius 2 is 1.84 bits per heavy atom. The summed E-state index contributed by atoms with van der Waals surface area (Å²) < 4.78 is 10.3. The minimum atomic E-state index is -1.08. The average molecular weight is 259 g/mol. The van der Waals surface area contributed by atoms with Gasteiger partial charge in [-0.15, -0.1) is 0 Å². The molecule has 0 atom stereocenters. The summed E-state index contributed by atoms with van der Waals surface area (Å²) in [6.07, 6.45) is 1.49. The van der Waals surface area contributed by atoms with Gasteiger partial charge in [0.2, 0.25) is 0 Å². The molecule has 0 spiro atoms. The number of carboxylic acid groups (broad SMARTS) is 1. The molecule has 1 heterocycles. The van der Waals surface area contributed by atoms with Crippen LogP contribution in [0.2, 0.25) is 0 Å². The van der Waals surface area contributed by atoms with Crippen LogP contribution in [-0.4, -0.2) is 30.3 Å². The minimum Gasteiger partial charge on any atom is -0.497 e. The lowest BCUT2D eigenvalue weighted by atomic mass is 10.1. The molecule has 1 N–H and O–H groups in total. The van der Waals surface area contributed by atoms with Gasteiger partial charge in [0.05, 0.1) is 14.2 Å². The maximum atomic E-state index is 10.9. The highest BCUT2D eigenvalue weighted by atomic mass is 16.5. The molecule has 0 aliphatic carbocycles. The molecule has 0 saturated heterocycles. The van der Waals surface area contributed by atoms with E-state index in [4.69, 9.17) is 14.6 Å². The molecule has 2 aromatic rings. The Kier molecular flexibility index (Phi) is 3.66. The molecule has 5 heteroatoms. The highest BCUT2D eigenvalue weighted by molar-refractivity contribution is 5.87. The Morgan fingerprint density at radius 1 is 1.16 bits per heavy atom. The van der Waals surface area contributed by atoms with Crippen LogP contribution in [0.25, 0.3) is 11.1 Å². The number of hydrogen-bond acceptors (Lipinski definition) is 4. The van der Waals surface area contributed by atoms with Crippen molar-refractivity contribution in [1.82, 2.24) is 4.98 Å². The molecule has 0 radical (unpaired) electrons. The van der Waals surface area contributed by atoms with Gasteiger partial charge in [-0.1, -0.05) is 12.1 Å². The van der Waals surface area contributed by atoms with Gasteiger partial charge in [-0.25, -0.2) is 9.78 Å². The summed E-state index contributed by atoms with van der Waals surface area (Å²) in [5, 5.41) is 8.90. The molecule has 2 rings (SSSR count). The molecule has 19 heavy (non-hydrogen) atoms. The number of carboxylic acids is 1. The Labute approximate surface area is 110 Å². The number of ether oxygens (including phenoxy) is 2. The van der Waals surface area contributed by atoms with Crippen LogP contribution in [0, 0.1) is 0 Å². The molecule has 0 unspecified atom stereocenters. The fraction of sp³-hybridized carbons (Fsp3) is 0.143. The Morgan fingerprint density at radius 3 is 2.37 bits per heavy atom. The second-order valence-corrected chi connectivity index (χ2v) is 3.80. The van der Waals surface area contributed by atoms with Crippen molar-refractivity contribution < 1.29 is 19.4 Å². The first-order chi connectivity index (χ1) is 9.15. The van der Waals surface area contributed by atoms with E-state index in [0.717, 1.165) is 16.9 Å². The second-order valence-electron chi connectivity index (χ2n) is 3.80. The number of nitrogens with zero attached hydrogens (tertiary/aromatic N) is 1. The predicted molar refractivity (Wildman–Crippen MR) is 69.7 cm³/mol. The average Bonchev–Trinajstić information content (AvgIpc) is 2.46. The number of hydrogen-bond donors (Lipinski definition) is 1. The fourth-order valence-electron chi connectivity index (χ4n) is 1.71. The van der Waals surface area contributed by atoms with Crippen LogP contribution >= 0.6 is 0 Å². The number of aromatic nitrogens is 1. The summed E-state index contributed by atoms with van der Waals surface area (Å²) in [6.45, 7) is 0. The zero-order valence-corrected chi connectivity index (χ0v) is 10.6. The van der Waals surface area contributed by atoms with Gasteiger partial charge in [0, 0.05) is 17.8 Å². The molecule has 1 aromatic carbocycles. The summed E-state index contributed by atoms with van der Waals surface area (Å²) >= 11 is 0. The van der Waals surface area contributed by atoms with Crippen LogP contribution in [0.5, 0.6) is 11.5 Å². The first-order valence-electron chi connectivity index (χ1n) is 5.57. The van der Waals surface area contributed by atoms with Crippen LogP contribution in [0.15, 0.2) is 36.5 Å². The monoisotopic (exact) mass is 259 g/mol. The van der Waals surface area contributed by atoms with Gasteiger partial charge in [-0.2, -0.15) is 0 Å². The van der Waals surface area contributed by atoms with Gasteiger partial charge in [-0.3, -0.25) is 0 Å². The van der Waals surface area contributed by atoms with Crippen molar-refractivity contribution in [2.75, 3.05) is 14.2 Å². The smallest absolute Gasteiger partial charge is 0.354 e. The van der Waals surface area contributed by atoms with E-state index in [1.807, 2.05) is 24.3 Å². The first kappa shape index (κ1) is 12.9. The van der Waals surface area contributed by atoms with E-state index in [0.29, 0.717) is 5.75 Å². The Balaban J connectivity index is 2.45. The van der Waals surface area contributed by atoms with Gasteiger partial charge in [-0.05, 0) is 17.7 Å². The van der Waals surface area contributed by atoms with Crippen molar-refractivity contribution in [3.8, 4) is 22.6 Å². The van der Waals surface area contributed by atoms with E-state index in [9.17, 15) is 4.79 Å². The summed E-state index contributed by atoms with van der Waals surface area (Å²) in [5.41, 5.74) is 1.56. The van der Waals surface area contributed by atoms with Gasteiger partial charge < -0.3 is 14.6 Å². The third kappa shape index (κ3) is 2.65. The zero-order chi connectivity index (χ0) is 13.8. The van der Waals surface area contributed by atoms with Gasteiger partial charge in [0.1, 0.15) is 11.5 Å². The SMILES string of the molecule is COc1ccc(-c2cnc(C(=O)O)cc2OC)cc1. The van der Waals surface area contributed by atoms with E-state index in [2.05, 4.69) is 4.98 Å². The first-order valence-corrected chi connectivity index (χ1v) is 5.57. The molecule has 98 valence electrons. The van der Waals surface area contributed by atoms with E-state index in [-0.39, 0.29) is 5.69 Å². The lowest BCUT2D eigenvalue weighted by Crippen LogP contribution is -2.01. The topological polar surface area (TPSA) is 68.7 Å². The third-order valence-corrected chi connectivity index (χ3v) is 2.71. The Bertz CT molecular complexity index is 593. The molecular weight excluding hydrogens is 246 g/mol. The molecule has 1 aromatic heterocycles. The number of aromatic carboxylic acids is 1. The number of methoxy groups -OCH3 is 2. The zero-order valence-electron chi connectivity index (χ0n) is 10.6. The van der Waals surface area contributed by atoms with Crippen molar-refractivity contribution in [2.24, 2.45) is 0 Å². The normalized spacial score (nSPS) is 10.0. The van der Waals surface area contributed by atoms with Crippen LogP contribution in [0.4, 0.5) is 0 Å². The van der Waals surface area contributed by atoms with Crippen LogP contribution in [-0.2, 0) is 0 Å². The number of carbonyl (C=O) groups is 1. The van der Waals surface area contributed by atoms with Gasteiger partial charge in [0.25, 0.3) is 0 Å². The van der Waals surface area contributed by atoms with Crippen molar-refractivity contribution in [3.63, 3.8) is 0 Å². The lowest BCUT2D eigenvalue weighted by molar-refractivity contribution is 0.0690. The molecule has 0 aliphatic heterocycles. The van der Waals surface area contributed by atoms with Crippen LogP contribution < -0.4 is 9.47 Å². The fourth-order valence-corrected chi connectivity index (χ4v) is 1.71. The van der Waals surface area contributed by atoms with Gasteiger partial charge in [0.15, 0.2) is 5.69 Å². The summed E-state index contributed by atoms with van der Waals surface area (Å²) in [6, 6.07) is 8.76. The molecule has 0 saturated carbocycles. The maximum Gasteiger partial charge on any atom is 0.354 e. The highest BCUT2D eigenvalue weighted by Gasteiger charge is 2.12. The van der Waals surface area contributed by atoms with E-state index in [1.54, 1.807) is 7.11 Å². The number of benzene rings is 1. The maximum absolute atomic E-state index is 10.9. The minimum absolute atomic E-state index is 0.0471. The van der Waals surface area contributed by atoms with Crippen LogP contribution in [0.3, 0.4) is 0 Å². The molecule has 0 bridgehead atoms. The van der Waals surface area contributed by atoms with Crippen molar-refractivity contribution in [3.05, 3.63) is 42.2 Å². The molecule has 0 aliphatic rings. The lowest BCUT2D eigenvalue weighted by Gasteiger charge is -2.09. The largest absolute Gasteiger partial charge is 0.497 e. The van der Waals surface area contributed by atoms with Crippen LogP contribution in [0.1, 0.15) is 10.5 Å². The third-order valence-electron chi connectivity index (χ3n) is 2.71. The molecular formula is C14H13NO4. The number of rotatable bonds is 4. The number of pyridine rings is 1. The predicted octanol–water partition coefficient (Wildman–Crippen LogP) is 2.46. The van der Waals surface area contributed by atoms with Crippen molar-refractivity contribution in [1.29, 1.82) is 0 Å². The van der Waals surface area contributed by atoms with E-state index in [1.165, 1.54) is 19.4 Å². The molecule has 0 fully saturated rings. The molecule has 5 nitrogen and oxygen atoms in total. The van der Waals surface area contributed by atoms with Crippen molar-refractivity contribution >= 4 is 5.97 Å². The van der Waals surface area contributed by atoms with E-state index < -0.39 is 5.97 Å². The van der Waals surface area contributed by atoms with Crippen molar-refractivity contribution in [2.45, 2.75) is 0 Å². The standard InChI is InChI=1S/C14H13NO4/c1-18-10-5-3-9(4-6-10)11-8-15-12(14(16)17)7-13(11)19-2/h3-8H,1-2H3,(H,16,17). The molecule has 0 amide bonds. The van der Waals surface area contributed by atoms with Gasteiger partial charge >= 0.3 is 5.97 Å². The quantitative estimate of drug-likeness (QED) is 0.913. The summed E-state index contributed by atoms with van der Waals surface area (Å²) in [7, 11) is 3.09. The highest BCUT2D eigenvalue weighted by Crippen LogP contribution is 2.30. The Hall–Kier alpha value is -2.56. The summed E-state index contributed by atoms with van der Waals surface area (Å²) in [4.78, 5) is 14.8. The summed E-state index contributed by atoms with van der Waals surface area (Å²) in [5.74, 6) is 0.134. The van der Waals surface area contributed by atoms with E-state index >= 15 is 0 Å².